The van der Waals surface area contributed by atoms with Gasteiger partial charge in [0.15, 0.2) is 0 Å². The molecule has 0 aromatic carbocycles. The maximum atomic E-state index is 16.3. The average molecular weight is 580 g/mol. The summed E-state index contributed by atoms with van der Waals surface area (Å²) >= 11 is 3.44. The Labute approximate surface area is 211 Å². The Hall–Kier alpha value is -1.37. The molecule has 192 valence electrons. The number of aromatic nitrogens is 1. The normalized spacial score (nSPS) is 24.4. The van der Waals surface area contributed by atoms with Crippen LogP contribution in [0, 0.1) is 5.82 Å². The molecule has 0 bridgehead atoms. The molecule has 0 unspecified atom stereocenters. The van der Waals surface area contributed by atoms with Crippen LogP contribution in [-0.2, 0) is 15.3 Å². The average Bonchev–Trinajstić information content (AvgIpc) is 2.75. The number of pyridine rings is 1. The van der Waals surface area contributed by atoms with E-state index in [1.54, 1.807) is 26.8 Å². The van der Waals surface area contributed by atoms with Crippen molar-refractivity contribution in [3.63, 3.8) is 0 Å². The van der Waals surface area contributed by atoms with Crippen LogP contribution in [0.2, 0.25) is 18.1 Å². The molecule has 0 spiro atoms. The number of nitrogens with one attached hydrogen (secondary N) is 1. The van der Waals surface area contributed by atoms with E-state index in [1.165, 1.54) is 0 Å². The highest BCUT2D eigenvalue weighted by Gasteiger charge is 2.51. The van der Waals surface area contributed by atoms with Gasteiger partial charge in [0.1, 0.15) is 32.2 Å². The predicted octanol–water partition coefficient (Wildman–Crippen LogP) is 4.22. The van der Waals surface area contributed by atoms with Crippen molar-refractivity contribution in [1.82, 2.24) is 10.3 Å². The third-order valence-electron chi connectivity index (χ3n) is 7.08. The minimum Gasteiger partial charge on any atom is -0.465 e. The summed E-state index contributed by atoms with van der Waals surface area (Å²) < 4.78 is 34.1. The third-order valence-corrected chi connectivity index (χ3v) is 16.4. The standard InChI is InChI=1S/C22H36BrFN4O4SSi/c1-7-34(8-2,9-3)15-13-16(23)26-18(17(15)24)22(6)14-33(32,25-11-10-12-29)21(4,5)19(28-22)27-20(30)31/h13,29H,7-12,14H2,1-6H3,(H,27,28)(H,30,31)/t22-,33+/m0/s1. The molecule has 1 aliphatic heterocycles. The monoisotopic (exact) mass is 578 g/mol. The Bertz CT molecular complexity index is 1080. The summed E-state index contributed by atoms with van der Waals surface area (Å²) in [6, 6.07) is 4.33. The fraction of sp³-hybridized carbons (Fsp3) is 0.682. The number of carboxylic acid groups (broad SMARTS) is 1. The molecule has 2 atom stereocenters. The van der Waals surface area contributed by atoms with Gasteiger partial charge in [0, 0.05) is 6.61 Å². The van der Waals surface area contributed by atoms with Crippen LogP contribution in [0.15, 0.2) is 20.0 Å². The Balaban J connectivity index is 2.87. The number of aliphatic hydroxyl groups excluding tert-OH is 1. The van der Waals surface area contributed by atoms with Crippen molar-refractivity contribution in [3.8, 4) is 0 Å². The van der Waals surface area contributed by atoms with Crippen molar-refractivity contribution in [3.05, 3.63) is 22.2 Å². The van der Waals surface area contributed by atoms with Crippen LogP contribution in [-0.4, -0.2) is 63.1 Å². The van der Waals surface area contributed by atoms with Gasteiger partial charge in [-0.15, -0.1) is 0 Å². The first-order chi connectivity index (χ1) is 15.8. The van der Waals surface area contributed by atoms with Crippen LogP contribution in [0.5, 0.6) is 0 Å². The van der Waals surface area contributed by atoms with Gasteiger partial charge in [-0.3, -0.25) is 10.3 Å². The zero-order valence-corrected chi connectivity index (χ0v) is 24.1. The largest absolute Gasteiger partial charge is 0.465 e. The number of hydrogen-bond donors (Lipinski definition) is 3. The maximum Gasteiger partial charge on any atom is 0.410 e. The van der Waals surface area contributed by atoms with Crippen LogP contribution in [0.1, 0.15) is 53.7 Å². The zero-order valence-electron chi connectivity index (χ0n) is 20.7. The van der Waals surface area contributed by atoms with Crippen molar-refractivity contribution in [2.75, 3.05) is 18.9 Å². The number of aliphatic imine (C=N–C) groups is 1. The Kier molecular flexibility index (Phi) is 9.09. The molecule has 0 aliphatic carbocycles. The summed E-state index contributed by atoms with van der Waals surface area (Å²) in [5.74, 6) is -0.625. The Morgan fingerprint density at radius 3 is 2.38 bits per heavy atom. The van der Waals surface area contributed by atoms with E-state index in [9.17, 15) is 19.2 Å². The van der Waals surface area contributed by atoms with Crippen LogP contribution in [0.3, 0.4) is 0 Å². The summed E-state index contributed by atoms with van der Waals surface area (Å²) in [6.45, 7) is 11.1. The number of halogens is 2. The lowest BCUT2D eigenvalue weighted by Crippen LogP contribution is -2.58. The SMILES string of the molecule is CC[Si](CC)(CC)c1cc(Br)nc([C@]2(C)C[S@](=O)(=NCCCO)C(C)(C)C(NC(=O)O)=N2)c1F. The van der Waals surface area contributed by atoms with Gasteiger partial charge >= 0.3 is 6.09 Å². The van der Waals surface area contributed by atoms with Crippen molar-refractivity contribution < 1.29 is 23.6 Å². The lowest BCUT2D eigenvalue weighted by atomic mass is 9.98. The van der Waals surface area contributed by atoms with Crippen molar-refractivity contribution in [2.24, 2.45) is 9.36 Å². The van der Waals surface area contributed by atoms with E-state index in [0.29, 0.717) is 16.2 Å². The van der Waals surface area contributed by atoms with Gasteiger partial charge in [-0.25, -0.2) is 22.7 Å². The highest BCUT2D eigenvalue weighted by atomic mass is 79.9. The number of amides is 1. The van der Waals surface area contributed by atoms with Gasteiger partial charge in [-0.2, -0.15) is 0 Å². The van der Waals surface area contributed by atoms with Crippen LogP contribution >= 0.6 is 15.9 Å². The number of rotatable bonds is 8. The number of hydrogen-bond acceptors (Lipinski definition) is 6. The minimum absolute atomic E-state index is 0.0365. The third kappa shape index (κ3) is 5.24. The van der Waals surface area contributed by atoms with E-state index in [1.807, 2.05) is 0 Å². The molecule has 1 aromatic rings. The Morgan fingerprint density at radius 1 is 1.29 bits per heavy atom. The summed E-state index contributed by atoms with van der Waals surface area (Å²) in [7, 11) is -5.30. The molecular weight excluding hydrogens is 543 g/mol. The molecule has 8 nitrogen and oxygen atoms in total. The van der Waals surface area contributed by atoms with E-state index >= 15 is 4.39 Å². The van der Waals surface area contributed by atoms with E-state index in [2.05, 4.69) is 56.4 Å². The first kappa shape index (κ1) is 28.9. The zero-order chi connectivity index (χ0) is 25.9. The molecule has 1 amide bonds. The molecule has 1 aliphatic rings. The van der Waals surface area contributed by atoms with E-state index in [4.69, 9.17) is 0 Å². The number of aliphatic hydroxyl groups is 1. The molecule has 0 fully saturated rings. The van der Waals surface area contributed by atoms with Gasteiger partial charge < -0.3 is 10.2 Å². The summed E-state index contributed by atoms with van der Waals surface area (Å²) in [5.41, 5.74) is -1.38. The highest BCUT2D eigenvalue weighted by Crippen LogP contribution is 2.39. The van der Waals surface area contributed by atoms with Crippen LogP contribution < -0.4 is 10.5 Å². The molecule has 34 heavy (non-hydrogen) atoms. The van der Waals surface area contributed by atoms with E-state index in [0.717, 1.165) is 18.1 Å². The number of nitrogens with zero attached hydrogens (tertiary/aromatic N) is 3. The summed E-state index contributed by atoms with van der Waals surface area (Å²) in [6.07, 6.45) is -1.04. The lowest BCUT2D eigenvalue weighted by Gasteiger charge is -2.41. The van der Waals surface area contributed by atoms with Gasteiger partial charge in [0.25, 0.3) is 0 Å². The fourth-order valence-electron chi connectivity index (χ4n) is 4.58. The topological polar surface area (TPSA) is 124 Å². The minimum atomic E-state index is -3.14. The number of amidine groups is 1. The molecule has 2 heterocycles. The molecule has 1 aromatic heterocycles. The predicted molar refractivity (Wildman–Crippen MR) is 141 cm³/mol. The van der Waals surface area contributed by atoms with Crippen LogP contribution in [0.25, 0.3) is 0 Å². The smallest absolute Gasteiger partial charge is 0.410 e. The second-order valence-corrected chi connectivity index (χ2v) is 18.3. The van der Waals surface area contributed by atoms with Crippen LogP contribution in [0.4, 0.5) is 9.18 Å². The van der Waals surface area contributed by atoms with Gasteiger partial charge in [-0.1, -0.05) is 38.9 Å². The van der Waals surface area contributed by atoms with Gasteiger partial charge in [0.05, 0.1) is 30.1 Å². The molecule has 0 radical (unpaired) electrons. The highest BCUT2D eigenvalue weighted by molar-refractivity contribution is 9.10. The van der Waals surface area contributed by atoms with E-state index in [-0.39, 0.29) is 30.4 Å². The maximum absolute atomic E-state index is 16.3. The van der Waals surface area contributed by atoms with Crippen molar-refractivity contribution >= 4 is 50.8 Å². The Morgan fingerprint density at radius 2 is 1.88 bits per heavy atom. The van der Waals surface area contributed by atoms with E-state index < -0.39 is 40.0 Å². The molecule has 0 saturated carbocycles. The van der Waals surface area contributed by atoms with Crippen molar-refractivity contribution in [2.45, 2.75) is 76.4 Å². The summed E-state index contributed by atoms with van der Waals surface area (Å²) in [5, 5.41) is 21.5. The second kappa shape index (κ2) is 10.7. The molecule has 3 N–H and O–H groups in total. The molecular formula is C22H36BrFN4O4SSi. The molecule has 0 saturated heterocycles. The number of carbonyl (C=O) groups is 1. The first-order valence-electron chi connectivity index (χ1n) is 11.5. The fourth-order valence-corrected chi connectivity index (χ4v) is 11.4. The second-order valence-electron chi connectivity index (χ2n) is 9.39. The lowest BCUT2D eigenvalue weighted by molar-refractivity contribution is 0.199. The van der Waals surface area contributed by atoms with Crippen molar-refractivity contribution in [1.29, 1.82) is 0 Å². The summed E-state index contributed by atoms with van der Waals surface area (Å²) in [4.78, 5) is 20.6. The molecule has 2 rings (SSSR count). The first-order valence-corrected chi connectivity index (χ1v) is 16.6. The van der Waals surface area contributed by atoms with Gasteiger partial charge in [0.2, 0.25) is 0 Å². The van der Waals surface area contributed by atoms with Gasteiger partial charge in [-0.05, 0) is 54.4 Å². The quantitative estimate of drug-likeness (QED) is 0.242. The molecule has 12 heteroatoms.